The van der Waals surface area contributed by atoms with Crippen LogP contribution in [0.2, 0.25) is 0 Å². The number of hydrogen-bond donors (Lipinski definition) is 0. The van der Waals surface area contributed by atoms with Gasteiger partial charge in [-0.05, 0) is 18.1 Å². The Morgan fingerprint density at radius 2 is 2.13 bits per heavy atom. The van der Waals surface area contributed by atoms with Crippen LogP contribution in [0.3, 0.4) is 0 Å². The first-order valence-corrected chi connectivity index (χ1v) is 5.50. The van der Waals surface area contributed by atoms with Crippen molar-refractivity contribution in [1.82, 2.24) is 9.97 Å². The molecule has 0 spiro atoms. The van der Waals surface area contributed by atoms with Gasteiger partial charge in [0.15, 0.2) is 6.29 Å². The summed E-state index contributed by atoms with van der Waals surface area (Å²) >= 11 is 1.53. The van der Waals surface area contributed by atoms with Crippen molar-refractivity contribution in [3.63, 3.8) is 0 Å². The van der Waals surface area contributed by atoms with Gasteiger partial charge in [0.2, 0.25) is 0 Å². The molecule has 0 amide bonds. The van der Waals surface area contributed by atoms with E-state index in [-0.39, 0.29) is 0 Å². The Bertz CT molecular complexity index is 465. The van der Waals surface area contributed by atoms with E-state index in [2.05, 4.69) is 16.9 Å². The zero-order valence-electron chi connectivity index (χ0n) is 8.30. The van der Waals surface area contributed by atoms with Gasteiger partial charge in [-0.25, -0.2) is 9.97 Å². The van der Waals surface area contributed by atoms with Crippen molar-refractivity contribution in [2.75, 3.05) is 0 Å². The second-order valence-electron chi connectivity index (χ2n) is 3.08. The fraction of sp³-hybridized carbons (Fsp3) is 0.182. The number of aldehydes is 1. The molecule has 0 aliphatic heterocycles. The van der Waals surface area contributed by atoms with Crippen molar-refractivity contribution < 1.29 is 4.79 Å². The summed E-state index contributed by atoms with van der Waals surface area (Å²) in [6, 6.07) is 1.90. The maximum absolute atomic E-state index is 10.7. The van der Waals surface area contributed by atoms with Crippen molar-refractivity contribution >= 4 is 17.6 Å². The molecule has 0 aromatic carbocycles. The molecule has 2 aromatic rings. The number of aromatic nitrogens is 2. The molecule has 76 valence electrons. The highest BCUT2D eigenvalue weighted by molar-refractivity contribution is 7.14. The SMILES string of the molecule is CCc1sc(C=O)cc1-c1cncnc1. The molecule has 0 aliphatic rings. The van der Waals surface area contributed by atoms with Gasteiger partial charge in [-0.2, -0.15) is 0 Å². The van der Waals surface area contributed by atoms with E-state index in [1.807, 2.05) is 6.07 Å². The fourth-order valence-corrected chi connectivity index (χ4v) is 2.39. The number of nitrogens with zero attached hydrogens (tertiary/aromatic N) is 2. The van der Waals surface area contributed by atoms with Crippen LogP contribution in [0.4, 0.5) is 0 Å². The Kier molecular flexibility index (Phi) is 2.87. The molecule has 3 nitrogen and oxygen atoms in total. The highest BCUT2D eigenvalue weighted by atomic mass is 32.1. The van der Waals surface area contributed by atoms with Crippen LogP contribution < -0.4 is 0 Å². The molecular formula is C11H10N2OS. The molecule has 0 N–H and O–H groups in total. The molecule has 0 fully saturated rings. The molecule has 2 heterocycles. The summed E-state index contributed by atoms with van der Waals surface area (Å²) in [5.41, 5.74) is 2.05. The third-order valence-electron chi connectivity index (χ3n) is 2.14. The first-order valence-electron chi connectivity index (χ1n) is 4.68. The van der Waals surface area contributed by atoms with Crippen LogP contribution in [0.5, 0.6) is 0 Å². The van der Waals surface area contributed by atoms with Gasteiger partial charge < -0.3 is 0 Å². The molecular weight excluding hydrogens is 208 g/mol. The van der Waals surface area contributed by atoms with E-state index in [9.17, 15) is 4.79 Å². The lowest BCUT2D eigenvalue weighted by Crippen LogP contribution is -1.83. The molecule has 0 radical (unpaired) electrons. The molecule has 0 aliphatic carbocycles. The van der Waals surface area contributed by atoms with Crippen molar-refractivity contribution in [3.05, 3.63) is 34.5 Å². The van der Waals surface area contributed by atoms with Crippen molar-refractivity contribution in [1.29, 1.82) is 0 Å². The summed E-state index contributed by atoms with van der Waals surface area (Å²) in [4.78, 5) is 20.6. The molecule has 0 saturated carbocycles. The minimum atomic E-state index is 0.755. The predicted molar refractivity (Wildman–Crippen MR) is 60.1 cm³/mol. The molecule has 0 atom stereocenters. The maximum Gasteiger partial charge on any atom is 0.160 e. The third kappa shape index (κ3) is 1.94. The van der Waals surface area contributed by atoms with Gasteiger partial charge in [-0.3, -0.25) is 4.79 Å². The molecule has 0 unspecified atom stereocenters. The summed E-state index contributed by atoms with van der Waals surface area (Å²) in [6.45, 7) is 2.08. The molecule has 2 rings (SSSR count). The first kappa shape index (κ1) is 9.98. The van der Waals surface area contributed by atoms with Gasteiger partial charge in [0.25, 0.3) is 0 Å². The summed E-state index contributed by atoms with van der Waals surface area (Å²) < 4.78 is 0. The van der Waals surface area contributed by atoms with Gasteiger partial charge in [-0.1, -0.05) is 6.92 Å². The third-order valence-corrected chi connectivity index (χ3v) is 3.34. The zero-order valence-corrected chi connectivity index (χ0v) is 9.12. The Hall–Kier alpha value is -1.55. The number of carbonyl (C=O) groups excluding carboxylic acids is 1. The Balaban J connectivity index is 2.52. The van der Waals surface area contributed by atoms with E-state index in [0.29, 0.717) is 0 Å². The van der Waals surface area contributed by atoms with Crippen molar-refractivity contribution in [2.45, 2.75) is 13.3 Å². The van der Waals surface area contributed by atoms with Crippen LogP contribution in [-0.2, 0) is 6.42 Å². The van der Waals surface area contributed by atoms with E-state index >= 15 is 0 Å². The maximum atomic E-state index is 10.7. The lowest BCUT2D eigenvalue weighted by molar-refractivity contribution is 0.112. The smallest absolute Gasteiger partial charge is 0.160 e. The summed E-state index contributed by atoms with van der Waals surface area (Å²) in [5.74, 6) is 0. The number of carbonyl (C=O) groups is 1. The van der Waals surface area contributed by atoms with E-state index in [1.165, 1.54) is 22.5 Å². The van der Waals surface area contributed by atoms with Crippen LogP contribution in [0, 0.1) is 0 Å². The first-order chi connectivity index (χ1) is 7.35. The Morgan fingerprint density at radius 3 is 2.73 bits per heavy atom. The predicted octanol–water partition coefficient (Wildman–Crippen LogP) is 2.58. The van der Waals surface area contributed by atoms with Gasteiger partial charge in [0.05, 0.1) is 4.88 Å². The molecule has 0 saturated heterocycles. The number of rotatable bonds is 3. The van der Waals surface area contributed by atoms with Gasteiger partial charge in [-0.15, -0.1) is 11.3 Å². The van der Waals surface area contributed by atoms with E-state index < -0.39 is 0 Å². The highest BCUT2D eigenvalue weighted by Gasteiger charge is 2.09. The molecule has 0 bridgehead atoms. The van der Waals surface area contributed by atoms with Crippen LogP contribution in [0.15, 0.2) is 24.8 Å². The van der Waals surface area contributed by atoms with Crippen LogP contribution >= 0.6 is 11.3 Å². The quantitative estimate of drug-likeness (QED) is 0.744. The van der Waals surface area contributed by atoms with Gasteiger partial charge in [0, 0.05) is 22.8 Å². The monoisotopic (exact) mass is 218 g/mol. The summed E-state index contributed by atoms with van der Waals surface area (Å²) in [7, 11) is 0. The Labute approximate surface area is 91.8 Å². The molecule has 4 heteroatoms. The van der Waals surface area contributed by atoms with E-state index in [0.717, 1.165) is 28.7 Å². The average Bonchev–Trinajstić information content (AvgIpc) is 2.73. The molecule has 15 heavy (non-hydrogen) atoms. The van der Waals surface area contributed by atoms with Gasteiger partial charge in [0.1, 0.15) is 6.33 Å². The zero-order chi connectivity index (χ0) is 10.7. The van der Waals surface area contributed by atoms with Gasteiger partial charge >= 0.3 is 0 Å². The van der Waals surface area contributed by atoms with Crippen molar-refractivity contribution in [3.8, 4) is 11.1 Å². The lowest BCUT2D eigenvalue weighted by Gasteiger charge is -1.98. The molecule has 2 aromatic heterocycles. The Morgan fingerprint density at radius 1 is 1.40 bits per heavy atom. The topological polar surface area (TPSA) is 42.9 Å². The average molecular weight is 218 g/mol. The number of aryl methyl sites for hydroxylation is 1. The van der Waals surface area contributed by atoms with E-state index in [4.69, 9.17) is 0 Å². The minimum absolute atomic E-state index is 0.755. The summed E-state index contributed by atoms with van der Waals surface area (Å²) in [5, 5.41) is 0. The largest absolute Gasteiger partial charge is 0.297 e. The van der Waals surface area contributed by atoms with Crippen LogP contribution in [0.25, 0.3) is 11.1 Å². The normalized spacial score (nSPS) is 10.2. The highest BCUT2D eigenvalue weighted by Crippen LogP contribution is 2.30. The van der Waals surface area contributed by atoms with Crippen molar-refractivity contribution in [2.24, 2.45) is 0 Å². The number of hydrogen-bond acceptors (Lipinski definition) is 4. The second-order valence-corrected chi connectivity index (χ2v) is 4.25. The standard InChI is InChI=1S/C11H10N2OS/c1-2-11-10(3-9(6-14)15-11)8-4-12-7-13-5-8/h3-7H,2H2,1H3. The second kappa shape index (κ2) is 4.31. The van der Waals surface area contributed by atoms with Crippen LogP contribution in [0.1, 0.15) is 21.5 Å². The minimum Gasteiger partial charge on any atom is -0.297 e. The fourth-order valence-electron chi connectivity index (χ4n) is 1.45. The lowest BCUT2D eigenvalue weighted by atomic mass is 10.1. The van der Waals surface area contributed by atoms with Crippen LogP contribution in [-0.4, -0.2) is 16.3 Å². The number of thiophene rings is 1. The summed E-state index contributed by atoms with van der Waals surface area (Å²) in [6.07, 6.45) is 6.84. The van der Waals surface area contributed by atoms with E-state index in [1.54, 1.807) is 12.4 Å².